The van der Waals surface area contributed by atoms with Gasteiger partial charge in [-0.3, -0.25) is 4.99 Å². The molecule has 0 bridgehead atoms. The van der Waals surface area contributed by atoms with Crippen LogP contribution in [0.25, 0.3) is 0 Å². The molecule has 1 aromatic carbocycles. The Morgan fingerprint density at radius 2 is 1.90 bits per heavy atom. The van der Waals surface area contributed by atoms with Gasteiger partial charge in [0.05, 0.1) is 30.9 Å². The van der Waals surface area contributed by atoms with Gasteiger partial charge in [-0.15, -0.1) is 0 Å². The third kappa shape index (κ3) is 5.98. The molecule has 1 aliphatic rings. The first-order valence-corrected chi connectivity index (χ1v) is 10.3. The number of ether oxygens (including phenoxy) is 2. The van der Waals surface area contributed by atoms with Crippen LogP contribution in [-0.4, -0.2) is 54.8 Å². The van der Waals surface area contributed by atoms with Crippen LogP contribution >= 0.6 is 0 Å². The van der Waals surface area contributed by atoms with Crippen LogP contribution in [0.4, 0.5) is 14.6 Å². The molecule has 1 aliphatic heterocycles. The highest BCUT2D eigenvalue weighted by molar-refractivity contribution is 5.80. The normalized spacial score (nSPS) is 15.0. The van der Waals surface area contributed by atoms with Crippen molar-refractivity contribution in [1.82, 2.24) is 4.98 Å². The molecule has 2 heterocycles. The first-order valence-electron chi connectivity index (χ1n) is 10.3. The Balaban J connectivity index is 1.92. The maximum absolute atomic E-state index is 15.3. The fourth-order valence-corrected chi connectivity index (χ4v) is 3.11. The summed E-state index contributed by atoms with van der Waals surface area (Å²) in [5.74, 6) is -2.00. The number of halogens is 2. The van der Waals surface area contributed by atoms with Gasteiger partial charge in [0.15, 0.2) is 17.5 Å². The van der Waals surface area contributed by atoms with Crippen molar-refractivity contribution >= 4 is 12.0 Å². The van der Waals surface area contributed by atoms with Gasteiger partial charge in [0.1, 0.15) is 6.61 Å². The topological polar surface area (TPSA) is 67.2 Å². The molecule has 3 rings (SSSR count). The summed E-state index contributed by atoms with van der Waals surface area (Å²) in [6.07, 6.45) is 1.59. The molecule has 0 amide bonds. The van der Waals surface area contributed by atoms with Gasteiger partial charge in [0.25, 0.3) is 5.88 Å². The number of hydrogen-bond donors (Lipinski definition) is 1. The number of rotatable bonds is 7. The molecule has 6 nitrogen and oxygen atoms in total. The highest BCUT2D eigenvalue weighted by atomic mass is 19.1. The zero-order valence-corrected chi connectivity index (χ0v) is 18.4. The third-order valence-electron chi connectivity index (χ3n) is 5.01. The Hall–Kier alpha value is -2.58. The smallest absolute Gasteiger partial charge is 0.253 e. The van der Waals surface area contributed by atoms with Crippen LogP contribution in [0, 0.1) is 25.5 Å². The lowest BCUT2D eigenvalue weighted by atomic mass is 10.1. The zero-order chi connectivity index (χ0) is 22.6. The zero-order valence-electron chi connectivity index (χ0n) is 18.4. The molecule has 0 atom stereocenters. The Morgan fingerprint density at radius 3 is 2.55 bits per heavy atom. The number of aliphatic imine (C=N–C) groups is 1. The van der Waals surface area contributed by atoms with Crippen molar-refractivity contribution in [3.8, 4) is 5.88 Å². The monoisotopic (exact) mass is 433 g/mol. The molecular weight excluding hydrogens is 404 g/mol. The van der Waals surface area contributed by atoms with Crippen molar-refractivity contribution in [2.75, 3.05) is 37.8 Å². The summed E-state index contributed by atoms with van der Waals surface area (Å²) < 4.78 is 41.0. The lowest BCUT2D eigenvalue weighted by Crippen LogP contribution is -2.38. The quantitative estimate of drug-likeness (QED) is 0.676. The van der Waals surface area contributed by atoms with E-state index in [9.17, 15) is 5.11 Å². The van der Waals surface area contributed by atoms with Crippen molar-refractivity contribution in [1.29, 1.82) is 0 Å². The third-order valence-corrected chi connectivity index (χ3v) is 5.01. The van der Waals surface area contributed by atoms with E-state index < -0.39 is 17.2 Å². The van der Waals surface area contributed by atoms with Gasteiger partial charge in [0, 0.05) is 19.3 Å². The first-order chi connectivity index (χ1) is 14.7. The van der Waals surface area contributed by atoms with Crippen molar-refractivity contribution in [2.45, 2.75) is 39.8 Å². The van der Waals surface area contributed by atoms with E-state index in [0.29, 0.717) is 26.3 Å². The van der Waals surface area contributed by atoms with Crippen LogP contribution < -0.4 is 9.64 Å². The van der Waals surface area contributed by atoms with E-state index in [1.807, 2.05) is 32.0 Å². The summed E-state index contributed by atoms with van der Waals surface area (Å²) in [7, 11) is 0. The molecule has 1 saturated heterocycles. The number of hydrogen-bond acceptors (Lipinski definition) is 6. The van der Waals surface area contributed by atoms with E-state index in [1.165, 1.54) is 13.8 Å². The van der Waals surface area contributed by atoms with Crippen molar-refractivity contribution in [3.05, 3.63) is 52.1 Å². The maximum atomic E-state index is 15.3. The second-order valence-corrected chi connectivity index (χ2v) is 8.36. The maximum Gasteiger partial charge on any atom is 0.253 e. The molecule has 0 saturated carbocycles. The molecule has 0 spiro atoms. The Bertz CT molecular complexity index is 952. The second kappa shape index (κ2) is 9.70. The fourth-order valence-electron chi connectivity index (χ4n) is 3.11. The highest BCUT2D eigenvalue weighted by Gasteiger charge is 2.26. The van der Waals surface area contributed by atoms with Crippen LogP contribution in [0.15, 0.2) is 23.2 Å². The molecule has 0 aliphatic carbocycles. The Kier molecular flexibility index (Phi) is 7.23. The lowest BCUT2D eigenvalue weighted by Gasteiger charge is -2.29. The van der Waals surface area contributed by atoms with Crippen molar-refractivity contribution < 1.29 is 23.4 Å². The van der Waals surface area contributed by atoms with Crippen molar-refractivity contribution in [2.24, 2.45) is 4.99 Å². The molecule has 0 unspecified atom stereocenters. The van der Waals surface area contributed by atoms with Crippen LogP contribution in [0.1, 0.15) is 36.1 Å². The minimum atomic E-state index is -1.19. The fraction of sp³-hybridized carbons (Fsp3) is 0.478. The van der Waals surface area contributed by atoms with E-state index in [4.69, 9.17) is 9.47 Å². The minimum absolute atomic E-state index is 0.00632. The number of aromatic nitrogens is 1. The molecule has 1 fully saturated rings. The van der Waals surface area contributed by atoms with E-state index in [-0.39, 0.29) is 30.4 Å². The summed E-state index contributed by atoms with van der Waals surface area (Å²) in [6.45, 7) is 8.42. The predicted octanol–water partition coefficient (Wildman–Crippen LogP) is 3.58. The molecule has 0 radical (unpaired) electrons. The summed E-state index contributed by atoms with van der Waals surface area (Å²) in [5.41, 5.74) is 1.71. The molecule has 1 aromatic heterocycles. The van der Waals surface area contributed by atoms with Gasteiger partial charge in [-0.2, -0.15) is 4.98 Å². The van der Waals surface area contributed by atoms with Crippen LogP contribution in [0.3, 0.4) is 0 Å². The summed E-state index contributed by atoms with van der Waals surface area (Å²) in [4.78, 5) is 10.0. The van der Waals surface area contributed by atoms with Crippen molar-refractivity contribution in [3.63, 3.8) is 0 Å². The summed E-state index contributed by atoms with van der Waals surface area (Å²) in [5, 5.41) is 9.92. The van der Waals surface area contributed by atoms with E-state index in [0.717, 1.165) is 16.7 Å². The average Bonchev–Trinajstić information content (AvgIpc) is 2.72. The SMILES string of the molecule is Cc1ccc(C=NCc2c(F)c(OCC(C)(C)O)nc(N3CCOCC3)c2F)cc1C. The van der Waals surface area contributed by atoms with E-state index >= 15 is 8.78 Å². The first kappa shape index (κ1) is 23.1. The molecule has 8 heteroatoms. The van der Waals surface area contributed by atoms with E-state index in [1.54, 1.807) is 11.1 Å². The number of nitrogens with zero attached hydrogens (tertiary/aromatic N) is 3. The molecule has 168 valence electrons. The largest absolute Gasteiger partial charge is 0.472 e. The van der Waals surface area contributed by atoms with Crippen LogP contribution in [-0.2, 0) is 11.3 Å². The van der Waals surface area contributed by atoms with E-state index in [2.05, 4.69) is 9.98 Å². The number of benzene rings is 1. The number of anilines is 1. The molecule has 2 aromatic rings. The van der Waals surface area contributed by atoms with Gasteiger partial charge in [-0.25, -0.2) is 8.78 Å². The number of morpholine rings is 1. The Labute approximate surface area is 181 Å². The van der Waals surface area contributed by atoms with Crippen LogP contribution in [0.2, 0.25) is 0 Å². The molecule has 1 N–H and O–H groups in total. The standard InChI is InChI=1S/C23H29F2N3O3/c1-15-5-6-17(11-16(15)2)12-26-13-18-19(24)21(28-7-9-30-10-8-28)27-22(20(18)25)31-14-23(3,4)29/h5-6,11-12,29H,7-10,13-14H2,1-4H3. The van der Waals surface area contributed by atoms with Crippen LogP contribution in [0.5, 0.6) is 5.88 Å². The molecular formula is C23H29F2N3O3. The summed E-state index contributed by atoms with van der Waals surface area (Å²) in [6, 6.07) is 5.85. The van der Waals surface area contributed by atoms with Gasteiger partial charge in [-0.05, 0) is 44.4 Å². The highest BCUT2D eigenvalue weighted by Crippen LogP contribution is 2.30. The number of aryl methyl sites for hydroxylation is 2. The second-order valence-electron chi connectivity index (χ2n) is 8.36. The molecule has 31 heavy (non-hydrogen) atoms. The summed E-state index contributed by atoms with van der Waals surface area (Å²) >= 11 is 0. The average molecular weight is 433 g/mol. The predicted molar refractivity (Wildman–Crippen MR) is 116 cm³/mol. The van der Waals surface area contributed by atoms with Gasteiger partial charge in [0.2, 0.25) is 0 Å². The Morgan fingerprint density at radius 1 is 1.19 bits per heavy atom. The van der Waals surface area contributed by atoms with Gasteiger partial charge < -0.3 is 19.5 Å². The lowest BCUT2D eigenvalue weighted by molar-refractivity contribution is 0.0252. The number of aliphatic hydroxyl groups is 1. The minimum Gasteiger partial charge on any atom is -0.472 e. The number of pyridine rings is 1. The van der Waals surface area contributed by atoms with Gasteiger partial charge >= 0.3 is 0 Å². The van der Waals surface area contributed by atoms with Gasteiger partial charge in [-0.1, -0.05) is 18.2 Å².